The number of aromatic nitrogens is 2. The molecule has 2 aromatic rings. The van der Waals surface area contributed by atoms with Crippen LogP contribution in [0.1, 0.15) is 36.5 Å². The second kappa shape index (κ2) is 9.32. The van der Waals surface area contributed by atoms with E-state index in [4.69, 9.17) is 9.47 Å². The zero-order chi connectivity index (χ0) is 18.4. The highest BCUT2D eigenvalue weighted by Crippen LogP contribution is 2.29. The average molecular weight is 440 g/mol. The number of hydrogen-bond acceptors (Lipinski definition) is 7. The lowest BCUT2D eigenvalue weighted by molar-refractivity contribution is 0.0526. The van der Waals surface area contributed by atoms with E-state index in [0.29, 0.717) is 24.7 Å². The van der Waals surface area contributed by atoms with Crippen molar-refractivity contribution >= 4 is 38.4 Å². The van der Waals surface area contributed by atoms with Crippen molar-refractivity contribution in [1.29, 1.82) is 0 Å². The Morgan fingerprint density at radius 3 is 2.62 bits per heavy atom. The van der Waals surface area contributed by atoms with Crippen LogP contribution >= 0.6 is 27.3 Å². The van der Waals surface area contributed by atoms with E-state index in [-0.39, 0.29) is 5.97 Å². The van der Waals surface area contributed by atoms with Crippen LogP contribution in [0.5, 0.6) is 5.75 Å². The summed E-state index contributed by atoms with van der Waals surface area (Å²) in [7, 11) is 0. The van der Waals surface area contributed by atoms with E-state index in [9.17, 15) is 4.79 Å². The highest BCUT2D eigenvalue weighted by Gasteiger charge is 2.21. The van der Waals surface area contributed by atoms with E-state index in [0.717, 1.165) is 47.1 Å². The quantitative estimate of drug-likeness (QED) is 0.603. The monoisotopic (exact) mass is 439 g/mol. The average Bonchev–Trinajstić information content (AvgIpc) is 3.09. The van der Waals surface area contributed by atoms with Crippen LogP contribution < -0.4 is 9.64 Å². The Kier molecular flexibility index (Phi) is 6.85. The lowest BCUT2D eigenvalue weighted by Gasteiger charge is -2.31. The molecule has 0 atom stereocenters. The maximum absolute atomic E-state index is 11.6. The Balaban J connectivity index is 1.38. The Morgan fingerprint density at radius 2 is 2.00 bits per heavy atom. The van der Waals surface area contributed by atoms with Crippen LogP contribution in [0.3, 0.4) is 0 Å². The standard InChI is InChI=1S/C18H22BrN3O3S/c1-2-24-16(23)14-3-5-15(6-4-14)25-12-9-13-7-10-22(11-8-13)18-21-20-17(19)26-18/h3-6,13H,2,7-12H2,1H3. The molecule has 0 bridgehead atoms. The molecule has 1 aliphatic rings. The molecule has 0 aliphatic carbocycles. The van der Waals surface area contributed by atoms with Crippen LogP contribution in [0.4, 0.5) is 5.13 Å². The largest absolute Gasteiger partial charge is 0.494 e. The molecule has 0 amide bonds. The minimum atomic E-state index is -0.298. The van der Waals surface area contributed by atoms with Gasteiger partial charge in [0.25, 0.3) is 0 Å². The summed E-state index contributed by atoms with van der Waals surface area (Å²) in [6.45, 7) is 4.90. The molecular formula is C18H22BrN3O3S. The fourth-order valence-electron chi connectivity index (χ4n) is 2.98. The van der Waals surface area contributed by atoms with Gasteiger partial charge in [0.1, 0.15) is 5.75 Å². The van der Waals surface area contributed by atoms with Crippen LogP contribution in [0.2, 0.25) is 0 Å². The third-order valence-corrected chi connectivity index (χ3v) is 5.85. The van der Waals surface area contributed by atoms with Gasteiger partial charge in [0.05, 0.1) is 18.8 Å². The number of hydrogen-bond donors (Lipinski definition) is 0. The van der Waals surface area contributed by atoms with Gasteiger partial charge >= 0.3 is 5.97 Å². The predicted molar refractivity (Wildman–Crippen MR) is 105 cm³/mol. The Labute approximate surface area is 165 Å². The van der Waals surface area contributed by atoms with Crippen molar-refractivity contribution < 1.29 is 14.3 Å². The van der Waals surface area contributed by atoms with Gasteiger partial charge in [-0.05, 0) is 72.3 Å². The molecule has 0 saturated carbocycles. The van der Waals surface area contributed by atoms with Gasteiger partial charge in [-0.2, -0.15) is 0 Å². The highest BCUT2D eigenvalue weighted by atomic mass is 79.9. The first kappa shape index (κ1) is 19.1. The zero-order valence-corrected chi connectivity index (χ0v) is 17.1. The SMILES string of the molecule is CCOC(=O)c1ccc(OCCC2CCN(c3nnc(Br)s3)CC2)cc1. The van der Waals surface area contributed by atoms with Gasteiger partial charge in [-0.3, -0.25) is 0 Å². The van der Waals surface area contributed by atoms with Crippen molar-refractivity contribution in [3.63, 3.8) is 0 Å². The van der Waals surface area contributed by atoms with E-state index < -0.39 is 0 Å². The summed E-state index contributed by atoms with van der Waals surface area (Å²) in [5, 5.41) is 9.20. The van der Waals surface area contributed by atoms with Crippen LogP contribution in [0.15, 0.2) is 28.2 Å². The van der Waals surface area contributed by atoms with E-state index in [1.165, 1.54) is 0 Å². The van der Waals surface area contributed by atoms with Crippen molar-refractivity contribution in [3.8, 4) is 5.75 Å². The summed E-state index contributed by atoms with van der Waals surface area (Å²) in [6.07, 6.45) is 3.32. The molecular weight excluding hydrogens is 418 g/mol. The molecule has 0 unspecified atom stereocenters. The van der Waals surface area contributed by atoms with Gasteiger partial charge in [0.2, 0.25) is 5.13 Å². The number of halogens is 1. The number of carbonyl (C=O) groups is 1. The Hall–Kier alpha value is -1.67. The first-order chi connectivity index (χ1) is 12.7. The van der Waals surface area contributed by atoms with Crippen molar-refractivity contribution in [2.45, 2.75) is 26.2 Å². The fraction of sp³-hybridized carbons (Fsp3) is 0.500. The van der Waals surface area contributed by atoms with Crippen molar-refractivity contribution in [1.82, 2.24) is 10.2 Å². The Morgan fingerprint density at radius 1 is 1.27 bits per heavy atom. The molecule has 1 aromatic heterocycles. The summed E-state index contributed by atoms with van der Waals surface area (Å²) < 4.78 is 11.6. The topological polar surface area (TPSA) is 64.6 Å². The van der Waals surface area contributed by atoms with E-state index in [2.05, 4.69) is 31.0 Å². The Bertz CT molecular complexity index is 715. The number of piperidine rings is 1. The molecule has 0 radical (unpaired) electrons. The summed E-state index contributed by atoms with van der Waals surface area (Å²) in [5.74, 6) is 1.16. The van der Waals surface area contributed by atoms with Gasteiger partial charge in [-0.15, -0.1) is 10.2 Å². The summed E-state index contributed by atoms with van der Waals surface area (Å²) >= 11 is 4.94. The maximum Gasteiger partial charge on any atom is 0.338 e. The number of carbonyl (C=O) groups excluding carboxylic acids is 1. The van der Waals surface area contributed by atoms with E-state index in [1.54, 1.807) is 30.4 Å². The number of ether oxygens (including phenoxy) is 2. The summed E-state index contributed by atoms with van der Waals surface area (Å²) in [5.41, 5.74) is 0.551. The predicted octanol–water partition coefficient (Wildman–Crippen LogP) is 4.16. The van der Waals surface area contributed by atoms with Gasteiger partial charge in [-0.1, -0.05) is 11.3 Å². The molecule has 0 spiro atoms. The second-order valence-electron chi connectivity index (χ2n) is 6.15. The highest BCUT2D eigenvalue weighted by molar-refractivity contribution is 9.11. The van der Waals surface area contributed by atoms with Crippen LogP contribution in [0.25, 0.3) is 0 Å². The minimum Gasteiger partial charge on any atom is -0.494 e. The van der Waals surface area contributed by atoms with Crippen LogP contribution in [-0.2, 0) is 4.74 Å². The van der Waals surface area contributed by atoms with Crippen molar-refractivity contribution in [3.05, 3.63) is 33.7 Å². The molecule has 0 N–H and O–H groups in total. The van der Waals surface area contributed by atoms with Gasteiger partial charge in [-0.25, -0.2) is 4.79 Å². The van der Waals surface area contributed by atoms with Gasteiger partial charge in [0, 0.05) is 13.1 Å². The first-order valence-corrected chi connectivity index (χ1v) is 10.4. The van der Waals surface area contributed by atoms with Crippen molar-refractivity contribution in [2.75, 3.05) is 31.2 Å². The first-order valence-electron chi connectivity index (χ1n) is 8.79. The lowest BCUT2D eigenvalue weighted by atomic mass is 9.94. The summed E-state index contributed by atoms with van der Waals surface area (Å²) in [4.78, 5) is 13.9. The molecule has 1 saturated heterocycles. The van der Waals surface area contributed by atoms with E-state index in [1.807, 2.05) is 12.1 Å². The van der Waals surface area contributed by atoms with Gasteiger partial charge in [0.15, 0.2) is 3.92 Å². The second-order valence-corrected chi connectivity index (χ2v) is 8.38. The zero-order valence-electron chi connectivity index (χ0n) is 14.7. The number of benzene rings is 1. The minimum absolute atomic E-state index is 0.298. The molecule has 2 heterocycles. The number of rotatable bonds is 7. The third-order valence-electron chi connectivity index (χ3n) is 4.44. The fourth-order valence-corrected chi connectivity index (χ4v) is 4.12. The number of esters is 1. The van der Waals surface area contributed by atoms with Crippen LogP contribution in [0, 0.1) is 5.92 Å². The molecule has 6 nitrogen and oxygen atoms in total. The number of nitrogens with zero attached hydrogens (tertiary/aromatic N) is 3. The smallest absolute Gasteiger partial charge is 0.338 e. The van der Waals surface area contributed by atoms with Crippen molar-refractivity contribution in [2.24, 2.45) is 5.92 Å². The normalized spacial score (nSPS) is 15.1. The lowest BCUT2D eigenvalue weighted by Crippen LogP contribution is -2.34. The third kappa shape index (κ3) is 5.17. The van der Waals surface area contributed by atoms with Gasteiger partial charge < -0.3 is 14.4 Å². The molecule has 3 rings (SSSR count). The molecule has 1 aromatic carbocycles. The molecule has 8 heteroatoms. The maximum atomic E-state index is 11.6. The number of anilines is 1. The van der Waals surface area contributed by atoms with E-state index >= 15 is 0 Å². The summed E-state index contributed by atoms with van der Waals surface area (Å²) in [6, 6.07) is 7.13. The molecule has 140 valence electrons. The molecule has 1 fully saturated rings. The van der Waals surface area contributed by atoms with Crippen LogP contribution in [-0.4, -0.2) is 42.5 Å². The molecule has 26 heavy (non-hydrogen) atoms. The molecule has 1 aliphatic heterocycles.